The van der Waals surface area contributed by atoms with Gasteiger partial charge in [-0.2, -0.15) is 11.8 Å². The second kappa shape index (κ2) is 5.43. The predicted octanol–water partition coefficient (Wildman–Crippen LogP) is 3.53. The number of hydrogen-bond donors (Lipinski definition) is 1. The number of nitrogens with zero attached hydrogens (tertiary/aromatic N) is 1. The molecule has 18 heavy (non-hydrogen) atoms. The van der Waals surface area contributed by atoms with Gasteiger partial charge < -0.3 is 5.32 Å². The van der Waals surface area contributed by atoms with Gasteiger partial charge in [0.25, 0.3) is 0 Å². The second-order valence-corrected chi connectivity index (χ2v) is 6.48. The van der Waals surface area contributed by atoms with Crippen molar-refractivity contribution in [2.24, 2.45) is 0 Å². The van der Waals surface area contributed by atoms with Crippen LogP contribution in [0.15, 0.2) is 29.8 Å². The number of thiazole rings is 1. The summed E-state index contributed by atoms with van der Waals surface area (Å²) >= 11 is 3.75. The van der Waals surface area contributed by atoms with E-state index in [-0.39, 0.29) is 0 Å². The molecule has 2 nitrogen and oxygen atoms in total. The van der Waals surface area contributed by atoms with E-state index in [1.807, 2.05) is 17.3 Å². The Labute approximate surface area is 116 Å². The van der Waals surface area contributed by atoms with Crippen molar-refractivity contribution in [1.29, 1.82) is 0 Å². The minimum Gasteiger partial charge on any atom is -0.304 e. The summed E-state index contributed by atoms with van der Waals surface area (Å²) < 4.78 is 0. The van der Waals surface area contributed by atoms with Crippen molar-refractivity contribution in [3.05, 3.63) is 51.5 Å². The Morgan fingerprint density at radius 2 is 2.28 bits per heavy atom. The van der Waals surface area contributed by atoms with Crippen LogP contribution >= 0.6 is 23.1 Å². The van der Waals surface area contributed by atoms with E-state index < -0.39 is 0 Å². The Kier molecular flexibility index (Phi) is 3.68. The number of aromatic nitrogens is 1. The highest BCUT2D eigenvalue weighted by atomic mass is 32.2. The fourth-order valence-electron chi connectivity index (χ4n) is 2.26. The zero-order chi connectivity index (χ0) is 12.4. The van der Waals surface area contributed by atoms with Crippen molar-refractivity contribution in [3.63, 3.8) is 0 Å². The van der Waals surface area contributed by atoms with E-state index in [0.717, 1.165) is 23.7 Å². The number of hydrogen-bond acceptors (Lipinski definition) is 4. The molecule has 4 heteroatoms. The lowest BCUT2D eigenvalue weighted by Gasteiger charge is -2.26. The lowest BCUT2D eigenvalue weighted by atomic mass is 10.0. The van der Waals surface area contributed by atoms with Gasteiger partial charge in [0.15, 0.2) is 0 Å². The smallest absolute Gasteiger partial charge is 0.0798 e. The monoisotopic (exact) mass is 276 g/mol. The van der Waals surface area contributed by atoms with E-state index >= 15 is 0 Å². The number of aryl methyl sites for hydroxylation is 1. The van der Waals surface area contributed by atoms with Gasteiger partial charge in [-0.05, 0) is 18.1 Å². The molecular weight excluding hydrogens is 260 g/mol. The van der Waals surface area contributed by atoms with Crippen LogP contribution in [0.2, 0.25) is 0 Å². The van der Waals surface area contributed by atoms with E-state index in [9.17, 15) is 0 Å². The minimum absolute atomic E-state index is 0.474. The Morgan fingerprint density at radius 3 is 3.11 bits per heavy atom. The lowest BCUT2D eigenvalue weighted by Crippen LogP contribution is -2.26. The van der Waals surface area contributed by atoms with Crippen molar-refractivity contribution < 1.29 is 0 Å². The molecule has 1 aromatic carbocycles. The van der Waals surface area contributed by atoms with Crippen LogP contribution in [0.5, 0.6) is 0 Å². The highest BCUT2D eigenvalue weighted by molar-refractivity contribution is 7.98. The molecule has 0 saturated carbocycles. The van der Waals surface area contributed by atoms with Crippen molar-refractivity contribution in [2.75, 3.05) is 5.75 Å². The number of thioether (sulfide) groups is 1. The Morgan fingerprint density at radius 1 is 1.39 bits per heavy atom. The van der Waals surface area contributed by atoms with Crippen molar-refractivity contribution in [3.8, 4) is 0 Å². The Hall–Kier alpha value is -0.840. The number of fused-ring (bicyclic) bond motifs is 1. The van der Waals surface area contributed by atoms with Crippen LogP contribution in [0.3, 0.4) is 0 Å². The van der Waals surface area contributed by atoms with Crippen LogP contribution in [0, 0.1) is 6.92 Å². The van der Waals surface area contributed by atoms with Crippen LogP contribution in [-0.4, -0.2) is 10.7 Å². The largest absolute Gasteiger partial charge is 0.304 e. The summed E-state index contributed by atoms with van der Waals surface area (Å²) in [6.45, 7) is 3.01. The van der Waals surface area contributed by atoms with Gasteiger partial charge in [-0.25, -0.2) is 4.98 Å². The molecule has 94 valence electrons. The van der Waals surface area contributed by atoms with Gasteiger partial charge in [-0.1, -0.05) is 24.3 Å². The summed E-state index contributed by atoms with van der Waals surface area (Å²) in [7, 11) is 0. The van der Waals surface area contributed by atoms with E-state index in [2.05, 4.69) is 41.5 Å². The summed E-state index contributed by atoms with van der Waals surface area (Å²) in [6, 6.07) is 9.25. The SMILES string of the molecule is Cc1ncsc1CNC1CSCc2ccccc21. The normalized spacial score (nSPS) is 18.6. The summed E-state index contributed by atoms with van der Waals surface area (Å²) in [5.41, 5.74) is 6.03. The zero-order valence-electron chi connectivity index (χ0n) is 10.3. The highest BCUT2D eigenvalue weighted by Gasteiger charge is 2.19. The van der Waals surface area contributed by atoms with E-state index in [0.29, 0.717) is 6.04 Å². The fourth-order valence-corrected chi connectivity index (χ4v) is 4.12. The van der Waals surface area contributed by atoms with Gasteiger partial charge in [-0.3, -0.25) is 0 Å². The van der Waals surface area contributed by atoms with E-state index in [1.165, 1.54) is 16.0 Å². The van der Waals surface area contributed by atoms with Crippen LogP contribution in [-0.2, 0) is 12.3 Å². The molecule has 2 heterocycles. The molecule has 0 spiro atoms. The Bertz CT molecular complexity index is 536. The first-order valence-corrected chi connectivity index (χ1v) is 8.16. The van der Waals surface area contributed by atoms with Crippen molar-refractivity contribution in [2.45, 2.75) is 25.3 Å². The number of benzene rings is 1. The molecule has 2 aromatic rings. The average molecular weight is 276 g/mol. The number of nitrogens with one attached hydrogen (secondary N) is 1. The van der Waals surface area contributed by atoms with Crippen molar-refractivity contribution in [1.82, 2.24) is 10.3 Å². The summed E-state index contributed by atoms with van der Waals surface area (Å²) in [4.78, 5) is 5.65. The maximum atomic E-state index is 4.30. The van der Waals surface area contributed by atoms with Crippen LogP contribution in [0.4, 0.5) is 0 Å². The topological polar surface area (TPSA) is 24.9 Å². The molecule has 1 unspecified atom stereocenters. The zero-order valence-corrected chi connectivity index (χ0v) is 12.0. The quantitative estimate of drug-likeness (QED) is 0.928. The summed E-state index contributed by atoms with van der Waals surface area (Å²) in [5.74, 6) is 2.31. The van der Waals surface area contributed by atoms with E-state index in [1.54, 1.807) is 11.3 Å². The third kappa shape index (κ3) is 2.46. The number of rotatable bonds is 3. The first kappa shape index (κ1) is 12.2. The fraction of sp³-hybridized carbons (Fsp3) is 0.357. The molecule has 1 aliphatic heterocycles. The molecule has 0 aliphatic carbocycles. The molecule has 0 amide bonds. The maximum absolute atomic E-state index is 4.30. The first-order chi connectivity index (χ1) is 8.84. The second-order valence-electron chi connectivity index (χ2n) is 4.51. The average Bonchev–Trinajstić information content (AvgIpc) is 2.82. The molecule has 0 fully saturated rings. The highest BCUT2D eigenvalue weighted by Crippen LogP contribution is 2.31. The predicted molar refractivity (Wildman–Crippen MR) is 79.0 cm³/mol. The third-order valence-electron chi connectivity index (χ3n) is 3.33. The van der Waals surface area contributed by atoms with Gasteiger partial charge in [0.2, 0.25) is 0 Å². The van der Waals surface area contributed by atoms with Crippen LogP contribution in [0.25, 0.3) is 0 Å². The van der Waals surface area contributed by atoms with Gasteiger partial charge in [0, 0.05) is 29.0 Å². The standard InChI is InChI=1S/C14H16N2S2/c1-10-14(18-9-16-10)6-15-13-8-17-7-11-4-2-3-5-12(11)13/h2-5,9,13,15H,6-8H2,1H3. The molecule has 1 atom stereocenters. The minimum atomic E-state index is 0.474. The van der Waals surface area contributed by atoms with Gasteiger partial charge >= 0.3 is 0 Å². The van der Waals surface area contributed by atoms with Crippen molar-refractivity contribution >= 4 is 23.1 Å². The summed E-state index contributed by atoms with van der Waals surface area (Å²) in [6.07, 6.45) is 0. The maximum Gasteiger partial charge on any atom is 0.0798 e. The van der Waals surface area contributed by atoms with Gasteiger partial charge in [0.1, 0.15) is 0 Å². The first-order valence-electron chi connectivity index (χ1n) is 6.12. The molecule has 0 radical (unpaired) electrons. The van der Waals surface area contributed by atoms with E-state index in [4.69, 9.17) is 0 Å². The Balaban J connectivity index is 1.73. The molecule has 0 bridgehead atoms. The molecular formula is C14H16N2S2. The molecule has 3 rings (SSSR count). The molecule has 1 aromatic heterocycles. The van der Waals surface area contributed by atoms with Gasteiger partial charge in [-0.15, -0.1) is 11.3 Å². The van der Waals surface area contributed by atoms with Crippen LogP contribution < -0.4 is 5.32 Å². The molecule has 0 saturated heterocycles. The summed E-state index contributed by atoms with van der Waals surface area (Å²) in [5, 5.41) is 3.67. The lowest BCUT2D eigenvalue weighted by molar-refractivity contribution is 0.577. The third-order valence-corrected chi connectivity index (χ3v) is 5.35. The van der Waals surface area contributed by atoms with Crippen LogP contribution in [0.1, 0.15) is 27.7 Å². The molecule has 1 aliphatic rings. The van der Waals surface area contributed by atoms with Gasteiger partial charge in [0.05, 0.1) is 11.2 Å². The molecule has 1 N–H and O–H groups in total.